The number of nitrogens with one attached hydrogen (secondary N) is 2. The van der Waals surface area contributed by atoms with Crippen LogP contribution in [0.25, 0.3) is 0 Å². The molecule has 3 fully saturated rings. The lowest BCUT2D eigenvalue weighted by atomic mass is 9.86. The second-order valence-corrected chi connectivity index (χ2v) is 9.95. The number of carbonyl (C=O) groups excluding carboxylic acids is 3. The molecule has 5 rings (SSSR count). The number of benzene rings is 1. The number of nitrogens with zero attached hydrogens (tertiary/aromatic N) is 1. The van der Waals surface area contributed by atoms with Crippen LogP contribution in [0.2, 0.25) is 0 Å². The maximum Gasteiger partial charge on any atom is 0.255 e. The maximum absolute atomic E-state index is 12.9. The van der Waals surface area contributed by atoms with Crippen molar-refractivity contribution in [3.05, 3.63) is 29.3 Å². The third kappa shape index (κ3) is 4.13. The molecule has 172 valence electrons. The number of hydrogen-bond acceptors (Lipinski definition) is 6. The summed E-state index contributed by atoms with van der Waals surface area (Å²) in [4.78, 5) is 38.2. The molecule has 0 bridgehead atoms. The van der Waals surface area contributed by atoms with Gasteiger partial charge in [0, 0.05) is 36.5 Å². The predicted octanol–water partition coefficient (Wildman–Crippen LogP) is 1.76. The summed E-state index contributed by atoms with van der Waals surface area (Å²) in [5.41, 5.74) is 1.70. The summed E-state index contributed by atoms with van der Waals surface area (Å²) in [5.74, 6) is -0.0612. The van der Waals surface area contributed by atoms with E-state index in [1.54, 1.807) is 11.0 Å². The summed E-state index contributed by atoms with van der Waals surface area (Å²) >= 11 is 0. The summed E-state index contributed by atoms with van der Waals surface area (Å²) in [6.45, 7) is 5.15. The molecule has 0 aromatic heterocycles. The summed E-state index contributed by atoms with van der Waals surface area (Å²) < 4.78 is 11.8. The van der Waals surface area contributed by atoms with E-state index in [4.69, 9.17) is 9.47 Å². The molecule has 1 aromatic rings. The Hall–Kier alpha value is -2.45. The number of carbonyl (C=O) groups is 3. The molecule has 3 aliphatic heterocycles. The monoisotopic (exact) mass is 441 g/mol. The molecule has 4 aliphatic rings. The van der Waals surface area contributed by atoms with Crippen molar-refractivity contribution in [2.24, 2.45) is 5.41 Å². The average Bonchev–Trinajstić information content (AvgIpc) is 3.07. The van der Waals surface area contributed by atoms with Crippen LogP contribution in [0.1, 0.15) is 61.4 Å². The van der Waals surface area contributed by atoms with Gasteiger partial charge in [0.2, 0.25) is 11.8 Å². The zero-order chi connectivity index (χ0) is 22.3. The Morgan fingerprint density at radius 1 is 1.19 bits per heavy atom. The van der Waals surface area contributed by atoms with Gasteiger partial charge in [-0.3, -0.25) is 19.7 Å². The highest BCUT2D eigenvalue weighted by atomic mass is 16.5. The molecular weight excluding hydrogens is 410 g/mol. The van der Waals surface area contributed by atoms with Crippen molar-refractivity contribution in [1.29, 1.82) is 0 Å². The highest BCUT2D eigenvalue weighted by Gasteiger charge is 2.39. The number of imide groups is 1. The van der Waals surface area contributed by atoms with Crippen LogP contribution < -0.4 is 15.4 Å². The first-order chi connectivity index (χ1) is 15.4. The molecular formula is C24H31N3O5. The molecule has 8 heteroatoms. The van der Waals surface area contributed by atoms with E-state index in [9.17, 15) is 14.4 Å². The van der Waals surface area contributed by atoms with E-state index < -0.39 is 6.04 Å². The quantitative estimate of drug-likeness (QED) is 0.653. The lowest BCUT2D eigenvalue weighted by Crippen LogP contribution is -2.53. The van der Waals surface area contributed by atoms with Gasteiger partial charge in [-0.05, 0) is 49.4 Å². The van der Waals surface area contributed by atoms with Crippen LogP contribution in [0.15, 0.2) is 18.2 Å². The minimum Gasteiger partial charge on any atom is -0.489 e. The zero-order valence-corrected chi connectivity index (χ0v) is 18.5. The topological polar surface area (TPSA) is 97.0 Å². The van der Waals surface area contributed by atoms with Crippen LogP contribution in [-0.2, 0) is 20.9 Å². The van der Waals surface area contributed by atoms with E-state index in [2.05, 4.69) is 17.6 Å². The van der Waals surface area contributed by atoms with Crippen LogP contribution >= 0.6 is 0 Å². The summed E-state index contributed by atoms with van der Waals surface area (Å²) in [6, 6.07) is 5.30. The first-order valence-electron chi connectivity index (χ1n) is 11.7. The van der Waals surface area contributed by atoms with Crippen molar-refractivity contribution in [2.75, 3.05) is 19.8 Å². The van der Waals surface area contributed by atoms with Crippen LogP contribution in [0.5, 0.6) is 5.75 Å². The number of fused-ring (bicyclic) bond motifs is 1. The van der Waals surface area contributed by atoms with Gasteiger partial charge in [0.05, 0.1) is 13.2 Å². The Balaban J connectivity index is 1.25. The Morgan fingerprint density at radius 2 is 2.00 bits per heavy atom. The molecule has 3 amide bonds. The van der Waals surface area contributed by atoms with Gasteiger partial charge >= 0.3 is 0 Å². The molecule has 32 heavy (non-hydrogen) atoms. The maximum atomic E-state index is 12.9. The van der Waals surface area contributed by atoms with Gasteiger partial charge < -0.3 is 19.7 Å². The predicted molar refractivity (Wildman–Crippen MR) is 116 cm³/mol. The fourth-order valence-electron chi connectivity index (χ4n) is 5.20. The van der Waals surface area contributed by atoms with Gasteiger partial charge in [-0.15, -0.1) is 0 Å². The Labute approximate surface area is 188 Å². The lowest BCUT2D eigenvalue weighted by Gasteiger charge is -2.41. The average molecular weight is 442 g/mol. The number of hydrogen-bond donors (Lipinski definition) is 2. The molecule has 3 heterocycles. The summed E-state index contributed by atoms with van der Waals surface area (Å²) in [7, 11) is 0. The van der Waals surface area contributed by atoms with Gasteiger partial charge in [-0.1, -0.05) is 13.3 Å². The van der Waals surface area contributed by atoms with Crippen molar-refractivity contribution in [2.45, 2.75) is 70.2 Å². The van der Waals surface area contributed by atoms with E-state index >= 15 is 0 Å². The molecule has 8 nitrogen and oxygen atoms in total. The normalized spacial score (nSPS) is 29.3. The third-order valence-electron chi connectivity index (χ3n) is 7.18. The first-order valence-corrected chi connectivity index (χ1v) is 11.7. The molecule has 1 aromatic carbocycles. The second-order valence-electron chi connectivity index (χ2n) is 9.95. The van der Waals surface area contributed by atoms with Crippen LogP contribution in [0.4, 0.5) is 0 Å². The zero-order valence-electron chi connectivity index (χ0n) is 18.5. The smallest absolute Gasteiger partial charge is 0.255 e. The largest absolute Gasteiger partial charge is 0.489 e. The number of amides is 3. The standard InChI is InChI=1S/C24H31N3O5/c1-24(13-31-14-24)12-25-18-4-2-3-5-20(18)32-16-6-7-17-15(10-16)11-27(23(17)30)19-8-9-21(28)26-22(19)29/h6-7,10,18-20,25H,2-5,8-9,11-14H2,1H3,(H,26,28,29)/t18-,19?,20-/m0/s1. The van der Waals surface area contributed by atoms with E-state index in [0.717, 1.165) is 50.3 Å². The molecule has 0 radical (unpaired) electrons. The van der Waals surface area contributed by atoms with E-state index in [0.29, 0.717) is 24.6 Å². The molecule has 2 saturated heterocycles. The van der Waals surface area contributed by atoms with Crippen LogP contribution in [-0.4, -0.2) is 60.6 Å². The number of piperidine rings is 1. The molecule has 3 atom stereocenters. The van der Waals surface area contributed by atoms with Crippen molar-refractivity contribution < 1.29 is 23.9 Å². The first kappa shape index (κ1) is 21.4. The Kier molecular flexibility index (Phi) is 5.67. The fourth-order valence-corrected chi connectivity index (χ4v) is 5.20. The van der Waals surface area contributed by atoms with Crippen molar-refractivity contribution in [3.63, 3.8) is 0 Å². The number of rotatable bonds is 6. The SMILES string of the molecule is CC1(CN[C@H]2CCCC[C@@H]2Oc2ccc3c(c2)CN(C2CCC(=O)NC2=O)C3=O)COC1. The van der Waals surface area contributed by atoms with Crippen molar-refractivity contribution in [1.82, 2.24) is 15.5 Å². The molecule has 1 aliphatic carbocycles. The Bertz CT molecular complexity index is 928. The second kappa shape index (κ2) is 8.48. The molecule has 1 saturated carbocycles. The van der Waals surface area contributed by atoms with Crippen molar-refractivity contribution >= 4 is 17.7 Å². The van der Waals surface area contributed by atoms with Gasteiger partial charge in [0.25, 0.3) is 5.91 Å². The van der Waals surface area contributed by atoms with Gasteiger partial charge in [-0.2, -0.15) is 0 Å². The van der Waals surface area contributed by atoms with Gasteiger partial charge in [0.15, 0.2) is 0 Å². The van der Waals surface area contributed by atoms with E-state index in [-0.39, 0.29) is 35.7 Å². The van der Waals surface area contributed by atoms with Gasteiger partial charge in [-0.25, -0.2) is 0 Å². The van der Waals surface area contributed by atoms with E-state index in [1.165, 1.54) is 6.42 Å². The molecule has 0 spiro atoms. The third-order valence-corrected chi connectivity index (χ3v) is 7.18. The fraction of sp³-hybridized carbons (Fsp3) is 0.625. The van der Waals surface area contributed by atoms with Crippen LogP contribution in [0, 0.1) is 5.41 Å². The Morgan fingerprint density at radius 3 is 2.75 bits per heavy atom. The minimum absolute atomic E-state index is 0.0923. The van der Waals surface area contributed by atoms with Crippen LogP contribution in [0.3, 0.4) is 0 Å². The minimum atomic E-state index is -0.597. The lowest BCUT2D eigenvalue weighted by molar-refractivity contribution is -0.136. The van der Waals surface area contributed by atoms with Gasteiger partial charge in [0.1, 0.15) is 17.9 Å². The highest BCUT2D eigenvalue weighted by Crippen LogP contribution is 2.32. The summed E-state index contributed by atoms with van der Waals surface area (Å²) in [6.07, 6.45) is 5.16. The highest BCUT2D eigenvalue weighted by molar-refractivity contribution is 6.05. The summed E-state index contributed by atoms with van der Waals surface area (Å²) in [5, 5.41) is 6.06. The molecule has 2 N–H and O–H groups in total. The molecule has 1 unspecified atom stereocenters. The number of ether oxygens (including phenoxy) is 2. The van der Waals surface area contributed by atoms with Crippen molar-refractivity contribution in [3.8, 4) is 5.75 Å². The van der Waals surface area contributed by atoms with E-state index in [1.807, 2.05) is 12.1 Å².